The summed E-state index contributed by atoms with van der Waals surface area (Å²) in [6.45, 7) is 4.86. The Morgan fingerprint density at radius 2 is 1.81 bits per heavy atom. The van der Waals surface area contributed by atoms with Crippen molar-refractivity contribution in [3.63, 3.8) is 0 Å². The molecule has 3 rings (SSSR count). The Labute approximate surface area is 186 Å². The molecule has 0 saturated carbocycles. The molecule has 1 aromatic carbocycles. The lowest BCUT2D eigenvalue weighted by molar-refractivity contribution is -0.437. The van der Waals surface area contributed by atoms with E-state index in [2.05, 4.69) is 30.6 Å². The summed E-state index contributed by atoms with van der Waals surface area (Å²) in [5.41, 5.74) is 5.79. The predicted octanol–water partition coefficient (Wildman–Crippen LogP) is 4.41. The molecule has 1 aromatic rings. The van der Waals surface area contributed by atoms with Gasteiger partial charge in [0, 0.05) is 30.4 Å². The van der Waals surface area contributed by atoms with Gasteiger partial charge in [0.25, 0.3) is 10.1 Å². The van der Waals surface area contributed by atoms with Gasteiger partial charge in [0.2, 0.25) is 5.69 Å². The number of rotatable bonds is 8. The van der Waals surface area contributed by atoms with E-state index in [4.69, 9.17) is 4.55 Å². The lowest BCUT2D eigenvalue weighted by Gasteiger charge is -2.14. The van der Waals surface area contributed by atoms with Crippen LogP contribution >= 0.6 is 0 Å². The van der Waals surface area contributed by atoms with Crippen LogP contribution in [0.25, 0.3) is 0 Å². The standard InChI is InChI=1S/C23H31NO5S2/c1-17-8-4-5-9-19(17)10-12-22-18(2)21-16-20(30(3,25)26)11-13-23(21)24(22)14-6-7-15-31(27,28)29/h10-13,16,18H,4-9,14-15H2,1-3H3/p+1/b12-10+. The summed E-state index contributed by atoms with van der Waals surface area (Å²) in [7, 11) is -7.27. The maximum Gasteiger partial charge on any atom is 0.264 e. The van der Waals surface area contributed by atoms with E-state index in [0.29, 0.717) is 24.3 Å². The SMILES string of the molecule is CC1=C(/C=C/C2=[N+](CCCCS(=O)(=O)O)c3ccc(S(C)(=O)=O)cc3C2C)CCCC1. The van der Waals surface area contributed by atoms with Crippen molar-refractivity contribution in [3.05, 3.63) is 47.1 Å². The van der Waals surface area contributed by atoms with Gasteiger partial charge in [-0.25, -0.2) is 8.42 Å². The predicted molar refractivity (Wildman–Crippen MR) is 124 cm³/mol. The van der Waals surface area contributed by atoms with Crippen LogP contribution in [0.4, 0.5) is 5.69 Å². The summed E-state index contributed by atoms with van der Waals surface area (Å²) in [6.07, 6.45) is 11.1. The molecule has 0 radical (unpaired) electrons. The first-order valence-corrected chi connectivity index (χ1v) is 14.3. The van der Waals surface area contributed by atoms with Crippen molar-refractivity contribution in [3.8, 4) is 0 Å². The fourth-order valence-electron chi connectivity index (χ4n) is 4.42. The monoisotopic (exact) mass is 466 g/mol. The second-order valence-electron chi connectivity index (χ2n) is 8.63. The zero-order valence-electron chi connectivity index (χ0n) is 18.5. The van der Waals surface area contributed by atoms with Crippen LogP contribution in [0.3, 0.4) is 0 Å². The van der Waals surface area contributed by atoms with Crippen molar-refractivity contribution in [2.75, 3.05) is 18.6 Å². The minimum Gasteiger partial charge on any atom is -0.286 e. The summed E-state index contributed by atoms with van der Waals surface area (Å²) >= 11 is 0. The largest absolute Gasteiger partial charge is 0.286 e. The summed E-state index contributed by atoms with van der Waals surface area (Å²) in [5.74, 6) is -0.230. The van der Waals surface area contributed by atoms with Crippen molar-refractivity contribution in [1.29, 1.82) is 0 Å². The van der Waals surface area contributed by atoms with E-state index in [1.807, 2.05) is 6.07 Å². The van der Waals surface area contributed by atoms with Gasteiger partial charge < -0.3 is 0 Å². The maximum atomic E-state index is 12.1. The number of fused-ring (bicyclic) bond motifs is 1. The quantitative estimate of drug-likeness (QED) is 0.348. The fourth-order valence-corrected chi connectivity index (χ4v) is 5.64. The van der Waals surface area contributed by atoms with Gasteiger partial charge >= 0.3 is 0 Å². The molecule has 1 aliphatic heterocycles. The third kappa shape index (κ3) is 5.93. The molecular formula is C23H32NO5S2+. The van der Waals surface area contributed by atoms with Crippen LogP contribution in [0, 0.1) is 0 Å². The Bertz CT molecular complexity index is 1160. The van der Waals surface area contributed by atoms with E-state index < -0.39 is 20.0 Å². The molecule has 1 N–H and O–H groups in total. The average Bonchev–Trinajstić information content (AvgIpc) is 2.94. The van der Waals surface area contributed by atoms with E-state index in [0.717, 1.165) is 29.8 Å². The van der Waals surface area contributed by atoms with Crippen LogP contribution in [0.2, 0.25) is 0 Å². The summed E-state index contributed by atoms with van der Waals surface area (Å²) < 4.78 is 57.4. The second-order valence-corrected chi connectivity index (χ2v) is 12.2. The maximum absolute atomic E-state index is 12.1. The van der Waals surface area contributed by atoms with E-state index in [1.165, 1.54) is 30.2 Å². The zero-order chi connectivity index (χ0) is 22.8. The van der Waals surface area contributed by atoms with E-state index in [-0.39, 0.29) is 11.7 Å². The smallest absolute Gasteiger partial charge is 0.264 e. The normalized spacial score (nSPS) is 20.1. The van der Waals surface area contributed by atoms with Crippen molar-refractivity contribution in [2.24, 2.45) is 0 Å². The highest BCUT2D eigenvalue weighted by Gasteiger charge is 2.35. The molecule has 8 heteroatoms. The van der Waals surface area contributed by atoms with Gasteiger partial charge in [0.1, 0.15) is 6.54 Å². The Kier molecular flexibility index (Phi) is 7.23. The molecule has 0 saturated heterocycles. The van der Waals surface area contributed by atoms with E-state index >= 15 is 0 Å². The third-order valence-electron chi connectivity index (χ3n) is 6.23. The average molecular weight is 467 g/mol. The first-order valence-electron chi connectivity index (χ1n) is 10.8. The highest BCUT2D eigenvalue weighted by Crippen LogP contribution is 2.37. The van der Waals surface area contributed by atoms with Crippen LogP contribution in [-0.2, 0) is 20.0 Å². The number of allylic oxidation sites excluding steroid dienone is 4. The second kappa shape index (κ2) is 9.38. The van der Waals surface area contributed by atoms with Gasteiger partial charge in [-0.05, 0) is 63.7 Å². The minimum absolute atomic E-state index is 0.0269. The molecule has 1 atom stereocenters. The van der Waals surface area contributed by atoms with Crippen LogP contribution in [0.5, 0.6) is 0 Å². The summed E-state index contributed by atoms with van der Waals surface area (Å²) in [5, 5.41) is 0. The molecule has 31 heavy (non-hydrogen) atoms. The third-order valence-corrected chi connectivity index (χ3v) is 8.14. The highest BCUT2D eigenvalue weighted by atomic mass is 32.2. The molecule has 6 nitrogen and oxygen atoms in total. The molecule has 1 aliphatic carbocycles. The minimum atomic E-state index is -3.97. The highest BCUT2D eigenvalue weighted by molar-refractivity contribution is 7.90. The van der Waals surface area contributed by atoms with Crippen LogP contribution < -0.4 is 0 Å². The van der Waals surface area contributed by atoms with E-state index in [1.54, 1.807) is 12.1 Å². The first-order chi connectivity index (χ1) is 14.5. The molecule has 0 spiro atoms. The Morgan fingerprint density at radius 1 is 1.10 bits per heavy atom. The van der Waals surface area contributed by atoms with Gasteiger partial charge in [0.15, 0.2) is 15.5 Å². The van der Waals surface area contributed by atoms with Crippen LogP contribution in [-0.4, -0.2) is 50.2 Å². The lowest BCUT2D eigenvalue weighted by atomic mass is 9.91. The summed E-state index contributed by atoms with van der Waals surface area (Å²) in [4.78, 5) is 0.306. The van der Waals surface area contributed by atoms with Crippen molar-refractivity contribution in [1.82, 2.24) is 0 Å². The first kappa shape index (κ1) is 23.9. The van der Waals surface area contributed by atoms with Gasteiger partial charge in [-0.15, -0.1) is 0 Å². The number of unbranched alkanes of at least 4 members (excludes halogenated alkanes) is 1. The van der Waals surface area contributed by atoms with Crippen LogP contribution in [0.1, 0.15) is 63.9 Å². The number of sulfone groups is 1. The molecule has 0 bridgehead atoms. The molecule has 1 heterocycles. The fraction of sp³-hybridized carbons (Fsp3) is 0.522. The Hall–Kier alpha value is -1.77. The van der Waals surface area contributed by atoms with Gasteiger partial charge in [-0.2, -0.15) is 13.0 Å². The van der Waals surface area contributed by atoms with E-state index in [9.17, 15) is 16.8 Å². The molecule has 1 unspecified atom stereocenters. The lowest BCUT2D eigenvalue weighted by Crippen LogP contribution is -2.16. The van der Waals surface area contributed by atoms with Crippen LogP contribution in [0.15, 0.2) is 46.4 Å². The molecular weight excluding hydrogens is 434 g/mol. The van der Waals surface area contributed by atoms with Gasteiger partial charge in [-0.3, -0.25) is 4.55 Å². The Balaban J connectivity index is 1.95. The van der Waals surface area contributed by atoms with Crippen molar-refractivity contribution >= 4 is 31.4 Å². The van der Waals surface area contributed by atoms with Crippen molar-refractivity contribution in [2.45, 2.75) is 63.2 Å². The molecule has 0 aromatic heterocycles. The number of benzene rings is 1. The van der Waals surface area contributed by atoms with Crippen molar-refractivity contribution < 1.29 is 26.0 Å². The Morgan fingerprint density at radius 3 is 2.45 bits per heavy atom. The molecule has 0 fully saturated rings. The summed E-state index contributed by atoms with van der Waals surface area (Å²) in [6, 6.07) is 5.23. The van der Waals surface area contributed by atoms with Gasteiger partial charge in [-0.1, -0.05) is 11.6 Å². The molecule has 0 amide bonds. The topological polar surface area (TPSA) is 91.5 Å². The number of hydrogen-bond acceptors (Lipinski definition) is 4. The zero-order valence-corrected chi connectivity index (χ0v) is 20.1. The number of hydrogen-bond donors (Lipinski definition) is 1. The molecule has 170 valence electrons. The van der Waals surface area contributed by atoms with Gasteiger partial charge in [0.05, 0.1) is 16.6 Å². The number of nitrogens with zero attached hydrogens (tertiary/aromatic N) is 1. The molecule has 2 aliphatic rings.